The summed E-state index contributed by atoms with van der Waals surface area (Å²) in [6.07, 6.45) is 1.23. The highest BCUT2D eigenvalue weighted by Crippen LogP contribution is 2.18. The van der Waals surface area contributed by atoms with E-state index in [1.807, 2.05) is 33.9 Å². The molecule has 1 N–H and O–H groups in total. The zero-order chi connectivity index (χ0) is 14.9. The van der Waals surface area contributed by atoms with E-state index in [9.17, 15) is 9.59 Å². The van der Waals surface area contributed by atoms with Gasteiger partial charge in [-0.1, -0.05) is 13.8 Å². The van der Waals surface area contributed by atoms with Crippen LogP contribution in [0.3, 0.4) is 0 Å². The Morgan fingerprint density at radius 2 is 2.00 bits per heavy atom. The Morgan fingerprint density at radius 3 is 2.50 bits per heavy atom. The van der Waals surface area contributed by atoms with Crippen molar-refractivity contribution in [3.05, 3.63) is 17.5 Å². The highest BCUT2D eigenvalue weighted by atomic mass is 16.2. The van der Waals surface area contributed by atoms with E-state index in [2.05, 4.69) is 10.4 Å². The van der Waals surface area contributed by atoms with Crippen LogP contribution >= 0.6 is 0 Å². The first-order valence-corrected chi connectivity index (χ1v) is 7.08. The number of aryl methyl sites for hydroxylation is 2. The molecule has 0 saturated carbocycles. The van der Waals surface area contributed by atoms with Crippen LogP contribution in [0.5, 0.6) is 0 Å². The van der Waals surface area contributed by atoms with Crippen molar-refractivity contribution < 1.29 is 9.59 Å². The van der Waals surface area contributed by atoms with E-state index in [1.165, 1.54) is 0 Å². The number of nitrogens with one attached hydrogen (secondary N) is 1. The number of carbonyl (C=O) groups is 2. The molecule has 110 valence electrons. The van der Waals surface area contributed by atoms with Gasteiger partial charge in [0.15, 0.2) is 0 Å². The van der Waals surface area contributed by atoms with Crippen LogP contribution in [0.4, 0.5) is 0 Å². The second-order valence-electron chi connectivity index (χ2n) is 5.26. The second-order valence-corrected chi connectivity index (χ2v) is 5.26. The zero-order valence-electron chi connectivity index (χ0n) is 12.5. The summed E-state index contributed by atoms with van der Waals surface area (Å²) in [6.45, 7) is 6.17. The van der Waals surface area contributed by atoms with E-state index in [-0.39, 0.29) is 17.9 Å². The number of hydrogen-bond acceptors (Lipinski definition) is 3. The Kier molecular flexibility index (Phi) is 4.11. The Morgan fingerprint density at radius 1 is 1.30 bits per heavy atom. The first kappa shape index (κ1) is 14.6. The van der Waals surface area contributed by atoms with Gasteiger partial charge in [-0.15, -0.1) is 0 Å². The summed E-state index contributed by atoms with van der Waals surface area (Å²) in [5.74, 6) is -0.0596. The molecule has 2 heterocycles. The molecule has 0 aliphatic carbocycles. The Labute approximate surface area is 119 Å². The van der Waals surface area contributed by atoms with Crippen molar-refractivity contribution in [3.63, 3.8) is 0 Å². The molecule has 0 aromatic carbocycles. The second kappa shape index (κ2) is 5.64. The lowest BCUT2D eigenvalue weighted by Gasteiger charge is -2.38. The van der Waals surface area contributed by atoms with Gasteiger partial charge < -0.3 is 10.2 Å². The summed E-state index contributed by atoms with van der Waals surface area (Å²) in [4.78, 5) is 26.3. The Hall–Kier alpha value is -1.85. The molecule has 2 amide bonds. The van der Waals surface area contributed by atoms with Crippen LogP contribution in [0.2, 0.25) is 0 Å². The average molecular weight is 278 g/mol. The summed E-state index contributed by atoms with van der Waals surface area (Å²) in [7, 11) is 1.86. The summed E-state index contributed by atoms with van der Waals surface area (Å²) in [6, 6.07) is 1.16. The smallest absolute Gasteiger partial charge is 0.246 e. The molecule has 6 heteroatoms. The van der Waals surface area contributed by atoms with Crippen molar-refractivity contribution in [2.75, 3.05) is 0 Å². The van der Waals surface area contributed by atoms with E-state index in [1.54, 1.807) is 9.58 Å². The first-order chi connectivity index (χ1) is 9.47. The number of rotatable bonds is 4. The fraction of sp³-hybridized carbons (Fsp3) is 0.643. The number of aromatic nitrogens is 2. The molecule has 1 aliphatic heterocycles. The van der Waals surface area contributed by atoms with Crippen LogP contribution in [-0.2, 0) is 23.2 Å². The molecular weight excluding hydrogens is 256 g/mol. The highest BCUT2D eigenvalue weighted by Gasteiger charge is 2.38. The minimum Gasteiger partial charge on any atom is -0.343 e. The van der Waals surface area contributed by atoms with E-state index >= 15 is 0 Å². The predicted molar refractivity (Wildman–Crippen MR) is 74.8 cm³/mol. The first-order valence-electron chi connectivity index (χ1n) is 7.08. The number of hydrogen-bond donors (Lipinski definition) is 1. The minimum atomic E-state index is -0.403. The maximum Gasteiger partial charge on any atom is 0.246 e. The molecular formula is C14H22N4O2. The fourth-order valence-electron chi connectivity index (χ4n) is 2.68. The monoisotopic (exact) mass is 278 g/mol. The van der Waals surface area contributed by atoms with E-state index in [0.717, 1.165) is 11.4 Å². The van der Waals surface area contributed by atoms with Crippen molar-refractivity contribution >= 4 is 11.8 Å². The number of carbonyl (C=O) groups excluding carboxylic acids is 2. The third-order valence-corrected chi connectivity index (χ3v) is 3.80. The number of nitrogens with zero attached hydrogens (tertiary/aromatic N) is 3. The largest absolute Gasteiger partial charge is 0.343 e. The molecule has 0 radical (unpaired) electrons. The lowest BCUT2D eigenvalue weighted by Crippen LogP contribution is -2.62. The van der Waals surface area contributed by atoms with Gasteiger partial charge in [-0.05, 0) is 25.8 Å². The van der Waals surface area contributed by atoms with Gasteiger partial charge in [0, 0.05) is 7.05 Å². The van der Waals surface area contributed by atoms with E-state index < -0.39 is 6.04 Å². The van der Waals surface area contributed by atoms with Crippen molar-refractivity contribution in [1.29, 1.82) is 0 Å². The summed E-state index contributed by atoms with van der Waals surface area (Å²) >= 11 is 0. The molecule has 2 rings (SSSR count). The van der Waals surface area contributed by atoms with Crippen molar-refractivity contribution in [3.8, 4) is 0 Å². The number of amides is 2. The third-order valence-electron chi connectivity index (χ3n) is 3.80. The molecule has 2 atom stereocenters. The molecule has 2 unspecified atom stereocenters. The molecule has 6 nitrogen and oxygen atoms in total. The van der Waals surface area contributed by atoms with Crippen molar-refractivity contribution in [1.82, 2.24) is 20.0 Å². The van der Waals surface area contributed by atoms with Crippen LogP contribution in [0.15, 0.2) is 6.07 Å². The standard InChI is InChI=1S/C14H22N4O2/c1-5-11-14(20)18(12(6-2)13(19)15-11)8-10-7-9(3)16-17(10)4/h7,11-12H,5-6,8H2,1-4H3,(H,15,19). The maximum atomic E-state index is 12.5. The number of piperazine rings is 1. The Balaban J connectivity index is 2.27. The quantitative estimate of drug-likeness (QED) is 0.883. The van der Waals surface area contributed by atoms with Gasteiger partial charge in [-0.2, -0.15) is 5.10 Å². The highest BCUT2D eigenvalue weighted by molar-refractivity contribution is 5.96. The van der Waals surface area contributed by atoms with Gasteiger partial charge in [0.2, 0.25) is 11.8 Å². The van der Waals surface area contributed by atoms with Gasteiger partial charge in [-0.3, -0.25) is 14.3 Å². The van der Waals surface area contributed by atoms with Crippen LogP contribution in [0.1, 0.15) is 38.1 Å². The molecule has 1 aliphatic rings. The molecule has 1 aromatic rings. The summed E-state index contributed by atoms with van der Waals surface area (Å²) in [5.41, 5.74) is 1.86. The zero-order valence-corrected chi connectivity index (χ0v) is 12.5. The van der Waals surface area contributed by atoms with Crippen LogP contribution < -0.4 is 5.32 Å². The lowest BCUT2D eigenvalue weighted by atomic mass is 10.0. The average Bonchev–Trinajstić information content (AvgIpc) is 2.72. The molecule has 0 spiro atoms. The van der Waals surface area contributed by atoms with Gasteiger partial charge in [0.1, 0.15) is 12.1 Å². The van der Waals surface area contributed by atoms with Crippen molar-refractivity contribution in [2.24, 2.45) is 7.05 Å². The van der Waals surface area contributed by atoms with Crippen LogP contribution in [0, 0.1) is 6.92 Å². The van der Waals surface area contributed by atoms with E-state index in [0.29, 0.717) is 19.4 Å². The maximum absolute atomic E-state index is 12.5. The summed E-state index contributed by atoms with van der Waals surface area (Å²) in [5, 5.41) is 7.09. The molecule has 1 fully saturated rings. The topological polar surface area (TPSA) is 67.2 Å². The normalized spacial score (nSPS) is 23.1. The lowest BCUT2D eigenvalue weighted by molar-refractivity contribution is -0.150. The van der Waals surface area contributed by atoms with Gasteiger partial charge in [0.25, 0.3) is 0 Å². The van der Waals surface area contributed by atoms with Crippen LogP contribution in [-0.4, -0.2) is 38.6 Å². The fourth-order valence-corrected chi connectivity index (χ4v) is 2.68. The Bertz CT molecular complexity index is 523. The van der Waals surface area contributed by atoms with E-state index in [4.69, 9.17) is 0 Å². The molecule has 1 aromatic heterocycles. The van der Waals surface area contributed by atoms with Crippen LogP contribution in [0.25, 0.3) is 0 Å². The van der Waals surface area contributed by atoms with Gasteiger partial charge in [-0.25, -0.2) is 0 Å². The SMILES string of the molecule is CCC1NC(=O)C(CC)N(Cc2cc(C)nn2C)C1=O. The molecule has 1 saturated heterocycles. The summed E-state index contributed by atoms with van der Waals surface area (Å²) < 4.78 is 1.77. The van der Waals surface area contributed by atoms with Crippen molar-refractivity contribution in [2.45, 2.75) is 52.2 Å². The molecule has 0 bridgehead atoms. The third kappa shape index (κ3) is 2.55. The van der Waals surface area contributed by atoms with Gasteiger partial charge in [0.05, 0.1) is 17.9 Å². The molecule has 20 heavy (non-hydrogen) atoms. The minimum absolute atomic E-state index is 0.00203. The predicted octanol–water partition coefficient (Wildman–Crippen LogP) is 0.744. The van der Waals surface area contributed by atoms with Gasteiger partial charge >= 0.3 is 0 Å².